The summed E-state index contributed by atoms with van der Waals surface area (Å²) in [7, 11) is 0. The lowest BCUT2D eigenvalue weighted by atomic mass is 9.97. The summed E-state index contributed by atoms with van der Waals surface area (Å²) in [5, 5.41) is 0. The van der Waals surface area contributed by atoms with Gasteiger partial charge >= 0.3 is 5.97 Å². The van der Waals surface area contributed by atoms with Crippen molar-refractivity contribution in [1.29, 1.82) is 0 Å². The van der Waals surface area contributed by atoms with E-state index in [1.54, 1.807) is 0 Å². The van der Waals surface area contributed by atoms with Crippen LogP contribution in [0.5, 0.6) is 0 Å². The number of hydrogen-bond donors (Lipinski definition) is 0. The second kappa shape index (κ2) is 12.5. The second-order valence-electron chi connectivity index (χ2n) is 7.01. The van der Waals surface area contributed by atoms with Crippen molar-refractivity contribution in [2.45, 2.75) is 91.1 Å². The first-order valence-corrected chi connectivity index (χ1v) is 8.89. The molecule has 0 spiro atoms. The maximum absolute atomic E-state index is 12.1. The quantitative estimate of drug-likeness (QED) is 0.243. The van der Waals surface area contributed by atoms with Crippen molar-refractivity contribution in [2.24, 2.45) is 5.92 Å². The van der Waals surface area contributed by atoms with Crippen LogP contribution < -0.4 is 0 Å². The van der Waals surface area contributed by atoms with Crippen LogP contribution in [0.15, 0.2) is 24.8 Å². The molecule has 0 aromatic rings. The molecule has 0 aliphatic heterocycles. The van der Waals surface area contributed by atoms with Crippen LogP contribution in [0.3, 0.4) is 0 Å². The molecule has 2 heteroatoms. The Morgan fingerprint density at radius 3 is 2.32 bits per heavy atom. The predicted molar refractivity (Wildman–Crippen MR) is 95.9 cm³/mol. The molecule has 0 aromatic carbocycles. The standard InChI is InChI=1S/C20H36O2/c1-6-8-9-10-11-12-13-14-15-17-18(16-7-2)19(21)22-20(3,4)5/h7,9-10,18H,2,6,8,11-17H2,1,3-5H3. The smallest absolute Gasteiger partial charge is 0.309 e. The summed E-state index contributed by atoms with van der Waals surface area (Å²) < 4.78 is 5.49. The van der Waals surface area contributed by atoms with Crippen LogP contribution in [0.1, 0.15) is 85.5 Å². The third kappa shape index (κ3) is 12.7. The number of esters is 1. The van der Waals surface area contributed by atoms with Crippen LogP contribution in [0.2, 0.25) is 0 Å². The summed E-state index contributed by atoms with van der Waals surface area (Å²) >= 11 is 0. The second-order valence-corrected chi connectivity index (χ2v) is 7.01. The summed E-state index contributed by atoms with van der Waals surface area (Å²) in [5.41, 5.74) is -0.401. The summed E-state index contributed by atoms with van der Waals surface area (Å²) in [6.45, 7) is 11.7. The molecule has 0 heterocycles. The number of carbonyl (C=O) groups is 1. The van der Waals surface area contributed by atoms with E-state index in [-0.39, 0.29) is 11.9 Å². The van der Waals surface area contributed by atoms with Gasteiger partial charge in [0.05, 0.1) is 5.92 Å². The number of rotatable bonds is 12. The monoisotopic (exact) mass is 308 g/mol. The zero-order valence-electron chi connectivity index (χ0n) is 15.2. The minimum absolute atomic E-state index is 0.0267. The van der Waals surface area contributed by atoms with Gasteiger partial charge in [-0.05, 0) is 52.9 Å². The average molecular weight is 309 g/mol. The third-order valence-corrected chi connectivity index (χ3v) is 3.49. The van der Waals surface area contributed by atoms with Gasteiger partial charge in [0.25, 0.3) is 0 Å². The van der Waals surface area contributed by atoms with Crippen LogP contribution in [0.25, 0.3) is 0 Å². The SMILES string of the molecule is C=CCC(CCCCCCC=CCCC)C(=O)OC(C)(C)C. The Kier molecular flexibility index (Phi) is 11.9. The molecule has 0 N–H and O–H groups in total. The molecular weight excluding hydrogens is 272 g/mol. The third-order valence-electron chi connectivity index (χ3n) is 3.49. The van der Waals surface area contributed by atoms with Crippen molar-refractivity contribution >= 4 is 5.97 Å². The summed E-state index contributed by atoms with van der Waals surface area (Å²) in [6.07, 6.45) is 16.4. The Hall–Kier alpha value is -1.05. The highest BCUT2D eigenvalue weighted by atomic mass is 16.6. The van der Waals surface area contributed by atoms with Crippen LogP contribution >= 0.6 is 0 Å². The number of allylic oxidation sites excluding steroid dienone is 3. The van der Waals surface area contributed by atoms with Gasteiger partial charge in [0.2, 0.25) is 0 Å². The van der Waals surface area contributed by atoms with Crippen LogP contribution in [-0.4, -0.2) is 11.6 Å². The molecule has 0 aliphatic rings. The first-order valence-electron chi connectivity index (χ1n) is 8.89. The van der Waals surface area contributed by atoms with Crippen molar-refractivity contribution in [2.75, 3.05) is 0 Å². The number of ether oxygens (including phenoxy) is 1. The number of hydrogen-bond acceptors (Lipinski definition) is 2. The van der Waals surface area contributed by atoms with Gasteiger partial charge in [0.1, 0.15) is 5.60 Å². The van der Waals surface area contributed by atoms with Gasteiger partial charge in [-0.25, -0.2) is 0 Å². The fourth-order valence-corrected chi connectivity index (χ4v) is 2.33. The molecule has 0 saturated carbocycles. The largest absolute Gasteiger partial charge is 0.460 e. The zero-order valence-corrected chi connectivity index (χ0v) is 15.2. The first kappa shape index (κ1) is 20.9. The average Bonchev–Trinajstić information content (AvgIpc) is 2.42. The van der Waals surface area contributed by atoms with Crippen LogP contribution in [0.4, 0.5) is 0 Å². The minimum Gasteiger partial charge on any atom is -0.460 e. The molecule has 0 amide bonds. The highest BCUT2D eigenvalue weighted by Crippen LogP contribution is 2.20. The lowest BCUT2D eigenvalue weighted by Crippen LogP contribution is -2.28. The van der Waals surface area contributed by atoms with Gasteiger partial charge in [-0.1, -0.05) is 50.8 Å². The zero-order chi connectivity index (χ0) is 16.8. The van der Waals surface area contributed by atoms with Crippen molar-refractivity contribution in [3.8, 4) is 0 Å². The molecule has 1 atom stereocenters. The molecular formula is C20H36O2. The number of carbonyl (C=O) groups excluding carboxylic acids is 1. The minimum atomic E-state index is -0.401. The van der Waals surface area contributed by atoms with Gasteiger partial charge < -0.3 is 4.74 Å². The summed E-state index contributed by atoms with van der Waals surface area (Å²) in [5.74, 6) is -0.101. The lowest BCUT2D eigenvalue weighted by Gasteiger charge is -2.23. The van der Waals surface area contributed by atoms with Gasteiger partial charge in [-0.15, -0.1) is 6.58 Å². The molecule has 0 bridgehead atoms. The van der Waals surface area contributed by atoms with Crippen molar-refractivity contribution < 1.29 is 9.53 Å². The predicted octanol–water partition coefficient (Wildman–Crippen LogP) is 6.22. The summed E-state index contributed by atoms with van der Waals surface area (Å²) in [6, 6.07) is 0. The molecule has 0 rings (SSSR count). The van der Waals surface area contributed by atoms with E-state index in [9.17, 15) is 4.79 Å². The van der Waals surface area contributed by atoms with Crippen LogP contribution in [0, 0.1) is 5.92 Å². The van der Waals surface area contributed by atoms with Gasteiger partial charge in [-0.3, -0.25) is 4.79 Å². The Bertz CT molecular complexity index is 323. The molecule has 0 aliphatic carbocycles. The van der Waals surface area contributed by atoms with Crippen molar-refractivity contribution in [3.05, 3.63) is 24.8 Å². The molecule has 0 aromatic heterocycles. The molecule has 0 radical (unpaired) electrons. The maximum atomic E-state index is 12.1. The van der Waals surface area contributed by atoms with Gasteiger partial charge in [-0.2, -0.15) is 0 Å². The van der Waals surface area contributed by atoms with E-state index in [2.05, 4.69) is 25.7 Å². The van der Waals surface area contributed by atoms with E-state index in [1.165, 1.54) is 38.5 Å². The van der Waals surface area contributed by atoms with Crippen LogP contribution in [-0.2, 0) is 9.53 Å². The van der Waals surface area contributed by atoms with E-state index in [4.69, 9.17) is 4.74 Å². The Morgan fingerprint density at radius 1 is 1.09 bits per heavy atom. The molecule has 22 heavy (non-hydrogen) atoms. The Morgan fingerprint density at radius 2 is 1.73 bits per heavy atom. The van der Waals surface area contributed by atoms with E-state index >= 15 is 0 Å². The number of unbranched alkanes of at least 4 members (excludes halogenated alkanes) is 5. The van der Waals surface area contributed by atoms with Crippen molar-refractivity contribution in [3.63, 3.8) is 0 Å². The van der Waals surface area contributed by atoms with E-state index in [1.807, 2.05) is 26.8 Å². The topological polar surface area (TPSA) is 26.3 Å². The van der Waals surface area contributed by atoms with Crippen molar-refractivity contribution in [1.82, 2.24) is 0 Å². The molecule has 0 fully saturated rings. The lowest BCUT2D eigenvalue weighted by molar-refractivity contribution is -0.160. The molecule has 2 nitrogen and oxygen atoms in total. The fraction of sp³-hybridized carbons (Fsp3) is 0.750. The maximum Gasteiger partial charge on any atom is 0.309 e. The highest BCUT2D eigenvalue weighted by molar-refractivity contribution is 5.73. The molecule has 0 saturated heterocycles. The molecule has 128 valence electrons. The fourth-order valence-electron chi connectivity index (χ4n) is 2.33. The molecule has 1 unspecified atom stereocenters. The summed E-state index contributed by atoms with van der Waals surface area (Å²) in [4.78, 5) is 12.1. The van der Waals surface area contributed by atoms with E-state index in [0.29, 0.717) is 6.42 Å². The van der Waals surface area contributed by atoms with E-state index in [0.717, 1.165) is 12.8 Å². The normalized spacial score (nSPS) is 13.3. The Balaban J connectivity index is 3.87. The van der Waals surface area contributed by atoms with Gasteiger partial charge in [0.15, 0.2) is 0 Å². The van der Waals surface area contributed by atoms with Gasteiger partial charge in [0, 0.05) is 0 Å². The highest BCUT2D eigenvalue weighted by Gasteiger charge is 2.23. The Labute approximate surface area is 138 Å². The van der Waals surface area contributed by atoms with E-state index < -0.39 is 5.60 Å². The first-order chi connectivity index (χ1) is 10.4.